The summed E-state index contributed by atoms with van der Waals surface area (Å²) >= 11 is 12.5. The van der Waals surface area contributed by atoms with Gasteiger partial charge in [-0.25, -0.2) is 0 Å². The molecule has 9 heteroatoms. The molecule has 0 fully saturated rings. The Kier molecular flexibility index (Phi) is 9.39. The number of methoxy groups -OCH3 is 2. The van der Waals surface area contributed by atoms with Gasteiger partial charge in [-0.3, -0.25) is 9.78 Å². The van der Waals surface area contributed by atoms with Gasteiger partial charge in [0.05, 0.1) is 30.4 Å². The summed E-state index contributed by atoms with van der Waals surface area (Å²) < 4.78 is 16.8. The van der Waals surface area contributed by atoms with Gasteiger partial charge < -0.3 is 24.6 Å². The Hall–Kier alpha value is -3.00. The van der Waals surface area contributed by atoms with Crippen molar-refractivity contribution in [3.63, 3.8) is 0 Å². The number of nitrogens with one attached hydrogen (secondary N) is 1. The van der Waals surface area contributed by atoms with Gasteiger partial charge in [0.1, 0.15) is 0 Å². The zero-order valence-electron chi connectivity index (χ0n) is 18.9. The summed E-state index contributed by atoms with van der Waals surface area (Å²) in [5.41, 5.74) is 2.28. The fourth-order valence-electron chi connectivity index (χ4n) is 3.42. The molecule has 1 aromatic heterocycles. The Morgan fingerprint density at radius 1 is 1.00 bits per heavy atom. The minimum atomic E-state index is -0.818. The fraction of sp³-hybridized carbons (Fsp3) is 0.280. The molecule has 7 nitrogen and oxygen atoms in total. The maximum absolute atomic E-state index is 12.4. The second kappa shape index (κ2) is 12.5. The zero-order valence-corrected chi connectivity index (χ0v) is 20.4. The van der Waals surface area contributed by atoms with E-state index in [1.807, 2.05) is 24.3 Å². The quantitative estimate of drug-likeness (QED) is 0.401. The van der Waals surface area contributed by atoms with Crippen molar-refractivity contribution in [3.05, 3.63) is 81.6 Å². The first-order valence-electron chi connectivity index (χ1n) is 10.6. The molecule has 180 valence electrons. The lowest BCUT2D eigenvalue weighted by atomic mass is 10.0. The molecule has 0 bridgehead atoms. The van der Waals surface area contributed by atoms with E-state index in [2.05, 4.69) is 10.3 Å². The molecule has 1 amide bonds. The molecular formula is C25H26Cl2N2O5. The highest BCUT2D eigenvalue weighted by Gasteiger charge is 2.19. The van der Waals surface area contributed by atoms with E-state index in [4.69, 9.17) is 37.4 Å². The number of carbonyl (C=O) groups excluding carboxylic acids is 1. The van der Waals surface area contributed by atoms with Crippen LogP contribution in [-0.2, 0) is 17.6 Å². The number of ether oxygens (including phenoxy) is 3. The number of pyridine rings is 1. The molecule has 0 aliphatic carbocycles. The first-order valence-corrected chi connectivity index (χ1v) is 11.3. The van der Waals surface area contributed by atoms with Crippen LogP contribution in [-0.4, -0.2) is 43.4 Å². The lowest BCUT2D eigenvalue weighted by molar-refractivity contribution is -0.123. The number of carbonyl (C=O) groups is 1. The predicted octanol–water partition coefficient (Wildman–Crippen LogP) is 4.42. The molecule has 34 heavy (non-hydrogen) atoms. The topological polar surface area (TPSA) is 89.9 Å². The highest BCUT2D eigenvalue weighted by Crippen LogP contribution is 2.40. The Morgan fingerprint density at radius 2 is 1.71 bits per heavy atom. The molecule has 0 unspecified atom stereocenters. The van der Waals surface area contributed by atoms with E-state index >= 15 is 0 Å². The molecule has 1 atom stereocenters. The SMILES string of the molecule is COc1ccc(CCc2c(Cl)cncc2Cl)c(OCC(=O)NC[C@@H](O)c2ccccc2)c1OC. The molecule has 3 rings (SSSR count). The monoisotopic (exact) mass is 504 g/mol. The highest BCUT2D eigenvalue weighted by atomic mass is 35.5. The summed E-state index contributed by atoms with van der Waals surface area (Å²) in [5, 5.41) is 13.9. The number of benzene rings is 2. The normalized spacial score (nSPS) is 11.6. The van der Waals surface area contributed by atoms with Crippen molar-refractivity contribution < 1.29 is 24.1 Å². The third-order valence-electron chi connectivity index (χ3n) is 5.20. The molecule has 0 saturated heterocycles. The lowest BCUT2D eigenvalue weighted by Gasteiger charge is -2.18. The number of aliphatic hydroxyl groups is 1. The van der Waals surface area contributed by atoms with Gasteiger partial charge in [-0.15, -0.1) is 0 Å². The van der Waals surface area contributed by atoms with Gasteiger partial charge in [0.25, 0.3) is 5.91 Å². The Labute approximate surface area is 208 Å². The molecule has 2 aromatic carbocycles. The summed E-state index contributed by atoms with van der Waals surface area (Å²) in [4.78, 5) is 16.4. The molecule has 1 heterocycles. The second-order valence-electron chi connectivity index (χ2n) is 7.39. The summed E-state index contributed by atoms with van der Waals surface area (Å²) in [5.74, 6) is 0.859. The average molecular weight is 505 g/mol. The Balaban J connectivity index is 1.70. The lowest BCUT2D eigenvalue weighted by Crippen LogP contribution is -2.32. The zero-order chi connectivity index (χ0) is 24.5. The third kappa shape index (κ3) is 6.53. The number of aryl methyl sites for hydroxylation is 1. The Bertz CT molecular complexity index is 1090. The number of amides is 1. The number of nitrogens with zero attached hydrogens (tertiary/aromatic N) is 1. The second-order valence-corrected chi connectivity index (χ2v) is 8.20. The van der Waals surface area contributed by atoms with E-state index in [-0.39, 0.29) is 19.1 Å². The third-order valence-corrected chi connectivity index (χ3v) is 5.85. The van der Waals surface area contributed by atoms with Gasteiger partial charge in [-0.1, -0.05) is 59.6 Å². The largest absolute Gasteiger partial charge is 0.493 e. The van der Waals surface area contributed by atoms with E-state index < -0.39 is 6.10 Å². The van der Waals surface area contributed by atoms with Crippen LogP contribution >= 0.6 is 23.2 Å². The molecule has 0 saturated carbocycles. The van der Waals surface area contributed by atoms with Crippen molar-refractivity contribution in [2.45, 2.75) is 18.9 Å². The van der Waals surface area contributed by atoms with Gasteiger partial charge in [-0.05, 0) is 35.6 Å². The van der Waals surface area contributed by atoms with Gasteiger partial charge in [0.2, 0.25) is 5.75 Å². The van der Waals surface area contributed by atoms with Crippen LogP contribution in [0.4, 0.5) is 0 Å². The van der Waals surface area contributed by atoms with E-state index in [9.17, 15) is 9.90 Å². The summed E-state index contributed by atoms with van der Waals surface area (Å²) in [7, 11) is 3.02. The van der Waals surface area contributed by atoms with Crippen molar-refractivity contribution in [1.82, 2.24) is 10.3 Å². The molecule has 2 N–H and O–H groups in total. The van der Waals surface area contributed by atoms with Crippen molar-refractivity contribution in [1.29, 1.82) is 0 Å². The van der Waals surface area contributed by atoms with Crippen LogP contribution in [0.25, 0.3) is 0 Å². The first-order chi connectivity index (χ1) is 16.4. The molecule has 0 aliphatic heterocycles. The van der Waals surface area contributed by atoms with Crippen LogP contribution in [0.5, 0.6) is 17.2 Å². The predicted molar refractivity (Wildman–Crippen MR) is 131 cm³/mol. The molecule has 0 radical (unpaired) electrons. The maximum atomic E-state index is 12.4. The van der Waals surface area contributed by atoms with Crippen molar-refractivity contribution in [2.24, 2.45) is 0 Å². The average Bonchev–Trinajstić information content (AvgIpc) is 2.86. The van der Waals surface area contributed by atoms with Crippen LogP contribution in [0, 0.1) is 0 Å². The fourth-order valence-corrected chi connectivity index (χ4v) is 3.98. The number of halogens is 2. The molecule has 0 aliphatic rings. The van der Waals surface area contributed by atoms with Gasteiger partial charge >= 0.3 is 0 Å². The van der Waals surface area contributed by atoms with E-state index in [1.54, 1.807) is 30.6 Å². The minimum absolute atomic E-state index is 0.0628. The Morgan fingerprint density at radius 3 is 2.35 bits per heavy atom. The van der Waals surface area contributed by atoms with Crippen LogP contribution < -0.4 is 19.5 Å². The first kappa shape index (κ1) is 25.6. The van der Waals surface area contributed by atoms with Crippen LogP contribution in [0.15, 0.2) is 54.9 Å². The number of aromatic nitrogens is 1. The van der Waals surface area contributed by atoms with Crippen LogP contribution in [0.1, 0.15) is 22.8 Å². The standard InChI is InChI=1S/C25H26Cl2N2O5/c1-32-22-11-9-17(8-10-18-19(26)12-28-13-20(18)27)24(25(22)33-2)34-15-23(31)29-14-21(30)16-6-4-3-5-7-16/h3-7,9,11-13,21,30H,8,10,14-15H2,1-2H3,(H,29,31)/t21-/m1/s1. The van der Waals surface area contributed by atoms with E-state index in [0.717, 1.165) is 11.1 Å². The molecule has 0 spiro atoms. The summed E-state index contributed by atoms with van der Waals surface area (Å²) in [6, 6.07) is 12.7. The van der Waals surface area contributed by atoms with Gasteiger partial charge in [0.15, 0.2) is 18.1 Å². The van der Waals surface area contributed by atoms with Crippen LogP contribution in [0.2, 0.25) is 10.0 Å². The minimum Gasteiger partial charge on any atom is -0.493 e. The number of rotatable bonds is 11. The number of hydrogen-bond donors (Lipinski definition) is 2. The van der Waals surface area contributed by atoms with E-state index in [0.29, 0.717) is 45.7 Å². The molecular weight excluding hydrogens is 479 g/mol. The molecule has 3 aromatic rings. The smallest absolute Gasteiger partial charge is 0.258 e. The summed E-state index contributed by atoms with van der Waals surface area (Å²) in [6.07, 6.45) is 3.32. The maximum Gasteiger partial charge on any atom is 0.258 e. The van der Waals surface area contributed by atoms with Gasteiger partial charge in [-0.2, -0.15) is 0 Å². The van der Waals surface area contributed by atoms with Crippen molar-refractivity contribution in [3.8, 4) is 17.2 Å². The summed E-state index contributed by atoms with van der Waals surface area (Å²) in [6.45, 7) is -0.206. The number of hydrogen-bond acceptors (Lipinski definition) is 6. The van der Waals surface area contributed by atoms with Crippen molar-refractivity contribution >= 4 is 29.1 Å². The van der Waals surface area contributed by atoms with E-state index in [1.165, 1.54) is 14.2 Å². The van der Waals surface area contributed by atoms with Crippen LogP contribution in [0.3, 0.4) is 0 Å². The van der Waals surface area contributed by atoms with Gasteiger partial charge in [0, 0.05) is 18.9 Å². The van der Waals surface area contributed by atoms with Crippen molar-refractivity contribution in [2.75, 3.05) is 27.4 Å². The highest BCUT2D eigenvalue weighted by molar-refractivity contribution is 6.35. The number of aliphatic hydroxyl groups excluding tert-OH is 1.